The van der Waals surface area contributed by atoms with Crippen molar-refractivity contribution in [2.45, 2.75) is 51.1 Å². The summed E-state index contributed by atoms with van der Waals surface area (Å²) in [6.07, 6.45) is 0.960. The molecular weight excluding hydrogens is 276 g/mol. The van der Waals surface area contributed by atoms with E-state index in [2.05, 4.69) is 32.0 Å². The van der Waals surface area contributed by atoms with Crippen LogP contribution in [0.5, 0.6) is 0 Å². The van der Waals surface area contributed by atoms with Crippen molar-refractivity contribution in [3.8, 4) is 0 Å². The lowest BCUT2D eigenvalue weighted by Gasteiger charge is -2.19. The molecule has 0 saturated carbocycles. The Labute approximate surface area is 129 Å². The van der Waals surface area contributed by atoms with Crippen LogP contribution in [0.2, 0.25) is 25.7 Å². The summed E-state index contributed by atoms with van der Waals surface area (Å²) in [5, 5.41) is 10.1. The van der Waals surface area contributed by atoms with Crippen LogP contribution in [0.15, 0.2) is 48.2 Å². The quantitative estimate of drug-likeness (QED) is 0.437. The van der Waals surface area contributed by atoms with Crippen molar-refractivity contribution < 1.29 is 9.90 Å². The Bertz CT molecular complexity index is 508. The molecule has 114 valence electrons. The Kier molecular flexibility index (Phi) is 6.83. The summed E-state index contributed by atoms with van der Waals surface area (Å²) in [4.78, 5) is 12.0. The van der Waals surface area contributed by atoms with E-state index in [4.69, 9.17) is 0 Å². The van der Waals surface area contributed by atoms with E-state index in [1.165, 1.54) is 0 Å². The molecule has 0 bridgehead atoms. The third-order valence-electron chi connectivity index (χ3n) is 3.28. The first-order chi connectivity index (χ1) is 9.81. The van der Waals surface area contributed by atoms with Crippen LogP contribution in [0.1, 0.15) is 29.6 Å². The van der Waals surface area contributed by atoms with E-state index in [1.807, 2.05) is 30.3 Å². The number of hydrogen-bond acceptors (Lipinski definition) is 2. The van der Waals surface area contributed by atoms with Gasteiger partial charge in [-0.25, -0.2) is 0 Å². The number of aliphatic hydroxyl groups excluding tert-OH is 1. The minimum absolute atomic E-state index is 0.0870. The van der Waals surface area contributed by atoms with Crippen LogP contribution in [0.25, 0.3) is 0 Å². The van der Waals surface area contributed by atoms with Gasteiger partial charge in [-0.1, -0.05) is 56.6 Å². The molecule has 1 rings (SSSR count). The van der Waals surface area contributed by atoms with Crippen molar-refractivity contribution in [1.82, 2.24) is 0 Å². The number of carbonyl (C=O) groups is 1. The summed E-state index contributed by atoms with van der Waals surface area (Å²) in [6, 6.07) is 10.2. The Morgan fingerprint density at radius 2 is 1.90 bits per heavy atom. The average molecular weight is 302 g/mol. The van der Waals surface area contributed by atoms with Gasteiger partial charge in [-0.15, -0.1) is 5.73 Å². The van der Waals surface area contributed by atoms with E-state index >= 15 is 0 Å². The monoisotopic (exact) mass is 302 g/mol. The summed E-state index contributed by atoms with van der Waals surface area (Å²) >= 11 is 0. The number of Topliss-reactive ketones (excluding diaryl/α,β-unsaturated/α-hetero) is 1. The first kappa shape index (κ1) is 17.6. The van der Waals surface area contributed by atoms with Crippen LogP contribution in [-0.4, -0.2) is 25.1 Å². The first-order valence-electron chi connectivity index (χ1n) is 7.46. The summed E-state index contributed by atoms with van der Waals surface area (Å²) in [5.74, 6) is 0.0870. The summed E-state index contributed by atoms with van der Waals surface area (Å²) in [6.45, 7) is 10.6. The molecular formula is C18H26O2Si. The second-order valence-electron chi connectivity index (χ2n) is 6.70. The largest absolute Gasteiger partial charge is 0.393 e. The van der Waals surface area contributed by atoms with Crippen LogP contribution >= 0.6 is 0 Å². The second kappa shape index (κ2) is 8.13. The van der Waals surface area contributed by atoms with Crippen molar-refractivity contribution in [3.63, 3.8) is 0 Å². The normalized spacial score (nSPS) is 12.6. The van der Waals surface area contributed by atoms with Gasteiger partial charge >= 0.3 is 0 Å². The zero-order valence-corrected chi connectivity index (χ0v) is 14.4. The van der Waals surface area contributed by atoms with Crippen LogP contribution in [0.3, 0.4) is 0 Å². The molecule has 0 aliphatic rings. The molecule has 0 saturated heterocycles. The van der Waals surface area contributed by atoms with E-state index in [0.29, 0.717) is 24.8 Å². The third kappa shape index (κ3) is 7.23. The minimum Gasteiger partial charge on any atom is -0.393 e. The second-order valence-corrected chi connectivity index (χ2v) is 12.2. The van der Waals surface area contributed by atoms with Gasteiger partial charge in [0.15, 0.2) is 5.78 Å². The van der Waals surface area contributed by atoms with Crippen LogP contribution in [0, 0.1) is 0 Å². The topological polar surface area (TPSA) is 37.3 Å². The molecule has 0 aliphatic carbocycles. The smallest absolute Gasteiger partial charge is 0.162 e. The zero-order chi connectivity index (χ0) is 15.9. The standard InChI is InChI=1S/C18H26O2Si/c1-5-15(14-21(2,3)4)13-17(19)11-12-18(20)16-9-7-6-8-10-16/h6-10,17,19H,1,11-14H2,2-4H3. The molecule has 0 fully saturated rings. The molecule has 21 heavy (non-hydrogen) atoms. The lowest BCUT2D eigenvalue weighted by molar-refractivity contribution is 0.0940. The lowest BCUT2D eigenvalue weighted by atomic mass is 10.0. The van der Waals surface area contributed by atoms with Crippen molar-refractivity contribution in [3.05, 3.63) is 53.8 Å². The van der Waals surface area contributed by atoms with Gasteiger partial charge in [0.25, 0.3) is 0 Å². The predicted octanol–water partition coefficient (Wildman–Crippen LogP) is 4.45. The fourth-order valence-electron chi connectivity index (χ4n) is 2.30. The van der Waals surface area contributed by atoms with Gasteiger partial charge in [-0.3, -0.25) is 4.79 Å². The molecule has 0 aliphatic heterocycles. The van der Waals surface area contributed by atoms with E-state index in [-0.39, 0.29) is 5.78 Å². The van der Waals surface area contributed by atoms with Crippen LogP contribution < -0.4 is 0 Å². The van der Waals surface area contributed by atoms with E-state index in [1.54, 1.807) is 0 Å². The molecule has 0 spiro atoms. The molecule has 1 N–H and O–H groups in total. The maximum atomic E-state index is 12.0. The van der Waals surface area contributed by atoms with Gasteiger partial charge in [-0.05, 0) is 18.0 Å². The molecule has 0 amide bonds. The van der Waals surface area contributed by atoms with Gasteiger partial charge in [0, 0.05) is 26.5 Å². The van der Waals surface area contributed by atoms with E-state index in [0.717, 1.165) is 11.6 Å². The van der Waals surface area contributed by atoms with Crippen molar-refractivity contribution in [2.75, 3.05) is 0 Å². The third-order valence-corrected chi connectivity index (χ3v) is 4.76. The Balaban J connectivity index is 2.45. The van der Waals surface area contributed by atoms with E-state index in [9.17, 15) is 9.90 Å². The molecule has 1 aromatic carbocycles. The molecule has 1 aromatic rings. The highest BCUT2D eigenvalue weighted by Crippen LogP contribution is 2.21. The number of ketones is 1. The SMILES string of the molecule is C=C=C(CC(O)CCC(=O)c1ccccc1)C[Si](C)(C)C. The lowest BCUT2D eigenvalue weighted by Crippen LogP contribution is -2.21. The van der Waals surface area contributed by atoms with Gasteiger partial charge in [0.05, 0.1) is 6.10 Å². The van der Waals surface area contributed by atoms with Gasteiger partial charge in [-0.2, -0.15) is 0 Å². The van der Waals surface area contributed by atoms with Crippen molar-refractivity contribution in [2.24, 2.45) is 0 Å². The van der Waals surface area contributed by atoms with Gasteiger partial charge in [0.2, 0.25) is 0 Å². The summed E-state index contributed by atoms with van der Waals surface area (Å²) in [5.41, 5.74) is 4.77. The average Bonchev–Trinajstić information content (AvgIpc) is 2.43. The van der Waals surface area contributed by atoms with E-state index < -0.39 is 14.2 Å². The van der Waals surface area contributed by atoms with Gasteiger partial charge in [0.1, 0.15) is 0 Å². The van der Waals surface area contributed by atoms with Gasteiger partial charge < -0.3 is 5.11 Å². The zero-order valence-electron chi connectivity index (χ0n) is 13.4. The highest BCUT2D eigenvalue weighted by molar-refractivity contribution is 6.76. The highest BCUT2D eigenvalue weighted by Gasteiger charge is 2.18. The Hall–Kier alpha value is -1.41. The number of aliphatic hydroxyl groups is 1. The van der Waals surface area contributed by atoms with Crippen LogP contribution in [-0.2, 0) is 0 Å². The number of hydrogen-bond donors (Lipinski definition) is 1. The van der Waals surface area contributed by atoms with Crippen molar-refractivity contribution in [1.29, 1.82) is 0 Å². The first-order valence-corrected chi connectivity index (χ1v) is 11.2. The molecule has 1 atom stereocenters. The number of carbonyl (C=O) groups excluding carboxylic acids is 1. The fraction of sp³-hybridized carbons (Fsp3) is 0.444. The fourth-order valence-corrected chi connectivity index (χ4v) is 3.85. The molecule has 0 heterocycles. The maximum absolute atomic E-state index is 12.0. The maximum Gasteiger partial charge on any atom is 0.162 e. The molecule has 0 aromatic heterocycles. The molecule has 2 nitrogen and oxygen atoms in total. The van der Waals surface area contributed by atoms with Crippen LogP contribution in [0.4, 0.5) is 0 Å². The highest BCUT2D eigenvalue weighted by atomic mass is 28.3. The van der Waals surface area contributed by atoms with Crippen molar-refractivity contribution >= 4 is 13.9 Å². The summed E-state index contributed by atoms with van der Waals surface area (Å²) in [7, 11) is -1.22. The predicted molar refractivity (Wildman–Crippen MR) is 91.4 cm³/mol. The Morgan fingerprint density at radius 3 is 2.43 bits per heavy atom. The number of rotatable bonds is 8. The molecule has 1 unspecified atom stereocenters. The molecule has 3 heteroatoms. The molecule has 0 radical (unpaired) electrons. The minimum atomic E-state index is -1.22. The Morgan fingerprint density at radius 1 is 1.29 bits per heavy atom. The summed E-state index contributed by atoms with van der Waals surface area (Å²) < 4.78 is 0. The number of benzene rings is 1.